The van der Waals surface area contributed by atoms with Crippen LogP contribution in [0.5, 0.6) is 11.5 Å². The van der Waals surface area contributed by atoms with Gasteiger partial charge >= 0.3 is 0 Å². The van der Waals surface area contributed by atoms with Crippen LogP contribution >= 0.6 is 11.3 Å². The van der Waals surface area contributed by atoms with Crippen molar-refractivity contribution in [1.29, 1.82) is 5.26 Å². The van der Waals surface area contributed by atoms with Crippen LogP contribution in [0.1, 0.15) is 23.9 Å². The van der Waals surface area contributed by atoms with Crippen LogP contribution in [0.2, 0.25) is 0 Å². The monoisotopic (exact) mass is 302 g/mol. The van der Waals surface area contributed by atoms with Gasteiger partial charge < -0.3 is 9.47 Å². The number of methoxy groups -OCH3 is 1. The Balaban J connectivity index is 2.35. The molecule has 2 rings (SSSR count). The number of aromatic nitrogens is 1. The summed E-state index contributed by atoms with van der Waals surface area (Å²) in [5.41, 5.74) is 1.91. The highest BCUT2D eigenvalue weighted by Gasteiger charge is 2.12. The van der Waals surface area contributed by atoms with Crippen LogP contribution in [0.25, 0.3) is 10.6 Å². The molecule has 0 radical (unpaired) electrons. The summed E-state index contributed by atoms with van der Waals surface area (Å²) in [6.07, 6.45) is 1.34. The summed E-state index contributed by atoms with van der Waals surface area (Å²) < 4.78 is 11.0. The summed E-state index contributed by atoms with van der Waals surface area (Å²) in [4.78, 5) is 5.56. The van der Waals surface area contributed by atoms with Crippen molar-refractivity contribution in [2.45, 2.75) is 26.7 Å². The van der Waals surface area contributed by atoms with Crippen LogP contribution in [-0.2, 0) is 6.42 Å². The van der Waals surface area contributed by atoms with Gasteiger partial charge in [-0.3, -0.25) is 0 Å². The van der Waals surface area contributed by atoms with Gasteiger partial charge in [-0.2, -0.15) is 5.26 Å². The highest BCUT2D eigenvalue weighted by Crippen LogP contribution is 2.35. The van der Waals surface area contributed by atoms with E-state index < -0.39 is 0 Å². The van der Waals surface area contributed by atoms with Gasteiger partial charge in [0.05, 0.1) is 31.9 Å². The Kier molecular flexibility index (Phi) is 5.18. The molecule has 0 aliphatic heterocycles. The molecule has 0 amide bonds. The highest BCUT2D eigenvalue weighted by atomic mass is 32.1. The highest BCUT2D eigenvalue weighted by molar-refractivity contribution is 7.15. The Morgan fingerprint density at radius 3 is 2.81 bits per heavy atom. The zero-order valence-corrected chi connectivity index (χ0v) is 13.3. The Morgan fingerprint density at radius 1 is 1.33 bits per heavy atom. The number of benzene rings is 1. The largest absolute Gasteiger partial charge is 0.493 e. The molecule has 0 atom stereocenters. The Bertz CT molecular complexity index is 659. The minimum Gasteiger partial charge on any atom is -0.493 e. The first-order valence-electron chi connectivity index (χ1n) is 6.84. The lowest BCUT2D eigenvalue weighted by Crippen LogP contribution is -1.98. The van der Waals surface area contributed by atoms with E-state index in [1.807, 2.05) is 25.1 Å². The number of rotatable bonds is 6. The summed E-state index contributed by atoms with van der Waals surface area (Å²) in [5.74, 6) is 1.45. The average molecular weight is 302 g/mol. The molecule has 0 bridgehead atoms. The third kappa shape index (κ3) is 3.53. The van der Waals surface area contributed by atoms with E-state index >= 15 is 0 Å². The van der Waals surface area contributed by atoms with E-state index in [9.17, 15) is 0 Å². The van der Waals surface area contributed by atoms with Gasteiger partial charge in [-0.1, -0.05) is 6.92 Å². The molecule has 4 nitrogen and oxygen atoms in total. The van der Waals surface area contributed by atoms with E-state index in [0.717, 1.165) is 39.1 Å². The molecule has 110 valence electrons. The summed E-state index contributed by atoms with van der Waals surface area (Å²) in [6.45, 7) is 4.65. The van der Waals surface area contributed by atoms with E-state index in [1.54, 1.807) is 18.4 Å². The summed E-state index contributed by atoms with van der Waals surface area (Å²) in [6, 6.07) is 7.97. The van der Waals surface area contributed by atoms with Gasteiger partial charge in [0.2, 0.25) is 0 Å². The standard InChI is InChI=1S/C16H18N2O2S/c1-4-9-20-14-10-12(5-6-13(14)19-3)16-18-11(2)15(21-16)7-8-17/h5-6,10H,4,7,9H2,1-3H3. The summed E-state index contributed by atoms with van der Waals surface area (Å²) in [7, 11) is 1.63. The lowest BCUT2D eigenvalue weighted by Gasteiger charge is -2.10. The fourth-order valence-electron chi connectivity index (χ4n) is 1.92. The van der Waals surface area contributed by atoms with Crippen LogP contribution in [0.3, 0.4) is 0 Å². The molecule has 0 aliphatic carbocycles. The Hall–Kier alpha value is -2.06. The maximum Gasteiger partial charge on any atom is 0.161 e. The van der Waals surface area contributed by atoms with E-state index in [1.165, 1.54) is 0 Å². The van der Waals surface area contributed by atoms with Crippen molar-refractivity contribution in [3.05, 3.63) is 28.8 Å². The lowest BCUT2D eigenvalue weighted by molar-refractivity contribution is 0.294. The predicted molar refractivity (Wildman–Crippen MR) is 83.9 cm³/mol. The Labute approximate surface area is 129 Å². The predicted octanol–water partition coefficient (Wildman–Crippen LogP) is 3.98. The van der Waals surface area contributed by atoms with Crippen molar-refractivity contribution < 1.29 is 9.47 Å². The second kappa shape index (κ2) is 7.09. The molecular formula is C16H18N2O2S. The van der Waals surface area contributed by atoms with Gasteiger partial charge in [0.15, 0.2) is 11.5 Å². The number of hydrogen-bond acceptors (Lipinski definition) is 5. The maximum atomic E-state index is 8.83. The van der Waals surface area contributed by atoms with Gasteiger partial charge in [-0.15, -0.1) is 11.3 Å². The smallest absolute Gasteiger partial charge is 0.161 e. The lowest BCUT2D eigenvalue weighted by atomic mass is 10.2. The summed E-state index contributed by atoms with van der Waals surface area (Å²) >= 11 is 1.55. The van der Waals surface area contributed by atoms with E-state index in [2.05, 4.69) is 18.0 Å². The van der Waals surface area contributed by atoms with Crippen molar-refractivity contribution in [2.24, 2.45) is 0 Å². The second-order valence-electron chi connectivity index (χ2n) is 4.58. The van der Waals surface area contributed by atoms with Crippen LogP contribution in [0.15, 0.2) is 18.2 Å². The number of nitrogens with zero attached hydrogens (tertiary/aromatic N) is 2. The molecular weight excluding hydrogens is 284 g/mol. The average Bonchev–Trinajstić information content (AvgIpc) is 2.86. The van der Waals surface area contributed by atoms with Crippen LogP contribution in [-0.4, -0.2) is 18.7 Å². The minimum absolute atomic E-state index is 0.402. The van der Waals surface area contributed by atoms with Gasteiger partial charge in [-0.05, 0) is 31.5 Å². The first kappa shape index (κ1) is 15.3. The molecule has 2 aromatic rings. The third-order valence-corrected chi connectivity index (χ3v) is 4.21. The van der Waals surface area contributed by atoms with E-state index in [-0.39, 0.29) is 0 Å². The normalized spacial score (nSPS) is 10.2. The first-order chi connectivity index (χ1) is 10.2. The van der Waals surface area contributed by atoms with Crippen LogP contribution in [0.4, 0.5) is 0 Å². The molecule has 21 heavy (non-hydrogen) atoms. The minimum atomic E-state index is 0.402. The van der Waals surface area contributed by atoms with E-state index in [4.69, 9.17) is 14.7 Å². The van der Waals surface area contributed by atoms with Crippen molar-refractivity contribution in [2.75, 3.05) is 13.7 Å². The van der Waals surface area contributed by atoms with Crippen molar-refractivity contribution in [3.8, 4) is 28.1 Å². The van der Waals surface area contributed by atoms with Gasteiger partial charge in [0.1, 0.15) is 5.01 Å². The van der Waals surface area contributed by atoms with Crippen LogP contribution in [0, 0.1) is 18.3 Å². The zero-order chi connectivity index (χ0) is 15.2. The number of thiazole rings is 1. The molecule has 1 aromatic carbocycles. The molecule has 0 N–H and O–H groups in total. The SMILES string of the molecule is CCCOc1cc(-c2nc(C)c(CC#N)s2)ccc1OC. The molecule has 1 aromatic heterocycles. The fraction of sp³-hybridized carbons (Fsp3) is 0.375. The molecule has 0 saturated carbocycles. The topological polar surface area (TPSA) is 55.1 Å². The van der Waals surface area contributed by atoms with Crippen molar-refractivity contribution in [1.82, 2.24) is 4.98 Å². The molecule has 0 unspecified atom stereocenters. The molecule has 5 heteroatoms. The maximum absolute atomic E-state index is 8.83. The second-order valence-corrected chi connectivity index (χ2v) is 5.66. The zero-order valence-electron chi connectivity index (χ0n) is 12.5. The molecule has 0 spiro atoms. The molecule has 0 aliphatic rings. The fourth-order valence-corrected chi connectivity index (χ4v) is 2.91. The van der Waals surface area contributed by atoms with E-state index in [0.29, 0.717) is 13.0 Å². The third-order valence-electron chi connectivity index (χ3n) is 3.00. The van der Waals surface area contributed by atoms with Gasteiger partial charge in [0.25, 0.3) is 0 Å². The summed E-state index contributed by atoms with van der Waals surface area (Å²) in [5, 5.41) is 9.73. The van der Waals surface area contributed by atoms with Gasteiger partial charge in [0, 0.05) is 10.4 Å². The van der Waals surface area contributed by atoms with Crippen LogP contribution < -0.4 is 9.47 Å². The van der Waals surface area contributed by atoms with Crippen molar-refractivity contribution >= 4 is 11.3 Å². The van der Waals surface area contributed by atoms with Gasteiger partial charge in [-0.25, -0.2) is 4.98 Å². The first-order valence-corrected chi connectivity index (χ1v) is 7.65. The quantitative estimate of drug-likeness (QED) is 0.810. The Morgan fingerprint density at radius 2 is 2.14 bits per heavy atom. The molecule has 0 saturated heterocycles. The molecule has 1 heterocycles. The molecule has 0 fully saturated rings. The number of aryl methyl sites for hydroxylation is 1. The number of nitriles is 1. The number of hydrogen-bond donors (Lipinski definition) is 0. The van der Waals surface area contributed by atoms with Crippen molar-refractivity contribution in [3.63, 3.8) is 0 Å². The number of ether oxygens (including phenoxy) is 2.